The average molecular weight is 460 g/mol. The zero-order valence-electron chi connectivity index (χ0n) is 20.6. The van der Waals surface area contributed by atoms with Crippen LogP contribution in [0.2, 0.25) is 0 Å². The molecule has 1 aromatic rings. The quantitative estimate of drug-likeness (QED) is 0.200. The number of nitrogens with zero attached hydrogens (tertiary/aromatic N) is 1. The van der Waals surface area contributed by atoms with E-state index in [-0.39, 0.29) is 0 Å². The Kier molecular flexibility index (Phi) is 15.7. The SMILES string of the molecule is CCCCCCCCCCCC[N+](C)(C)Cc1ccc(OC)cc1OC.CS(=O)(=O)[O-]. The molecule has 0 bridgehead atoms. The maximum Gasteiger partial charge on any atom is 0.131 e. The number of ether oxygens (including phenoxy) is 2. The number of hydrogen-bond donors (Lipinski definition) is 0. The van der Waals surface area contributed by atoms with E-state index in [4.69, 9.17) is 22.4 Å². The fourth-order valence-corrected chi connectivity index (χ4v) is 3.55. The predicted molar refractivity (Wildman–Crippen MR) is 128 cm³/mol. The molecule has 6 nitrogen and oxygen atoms in total. The highest BCUT2D eigenvalue weighted by Gasteiger charge is 2.18. The van der Waals surface area contributed by atoms with Gasteiger partial charge < -0.3 is 18.5 Å². The van der Waals surface area contributed by atoms with Crippen LogP contribution in [-0.2, 0) is 16.7 Å². The van der Waals surface area contributed by atoms with Crippen LogP contribution in [0, 0.1) is 0 Å². The first-order valence-electron chi connectivity index (χ1n) is 11.5. The second-order valence-corrected chi connectivity index (χ2v) is 10.3. The van der Waals surface area contributed by atoms with Gasteiger partial charge in [-0.15, -0.1) is 0 Å². The summed E-state index contributed by atoms with van der Waals surface area (Å²) in [5.74, 6) is 1.78. The number of methoxy groups -OCH3 is 2. The third-order valence-electron chi connectivity index (χ3n) is 5.21. The molecule has 0 unspecified atom stereocenters. The monoisotopic (exact) mass is 459 g/mol. The van der Waals surface area contributed by atoms with E-state index in [0.29, 0.717) is 6.26 Å². The molecule has 0 aliphatic rings. The van der Waals surface area contributed by atoms with Gasteiger partial charge in [-0.3, -0.25) is 0 Å². The number of quaternary nitrogens is 1. The molecule has 0 spiro atoms. The second kappa shape index (κ2) is 16.3. The highest BCUT2D eigenvalue weighted by atomic mass is 32.2. The summed E-state index contributed by atoms with van der Waals surface area (Å²) in [6, 6.07) is 6.14. The molecule has 0 N–H and O–H groups in total. The van der Waals surface area contributed by atoms with Gasteiger partial charge in [-0.25, -0.2) is 8.42 Å². The topological polar surface area (TPSA) is 75.7 Å². The Morgan fingerprint density at radius 1 is 0.871 bits per heavy atom. The van der Waals surface area contributed by atoms with Crippen molar-refractivity contribution in [2.45, 2.75) is 77.7 Å². The van der Waals surface area contributed by atoms with Gasteiger partial charge in [-0.1, -0.05) is 58.3 Å². The van der Waals surface area contributed by atoms with Crippen LogP contribution < -0.4 is 9.47 Å². The number of unbranched alkanes of at least 4 members (excludes halogenated alkanes) is 9. The minimum atomic E-state index is -3.92. The summed E-state index contributed by atoms with van der Waals surface area (Å²) in [4.78, 5) is 0. The fraction of sp³-hybridized carbons (Fsp3) is 0.750. The van der Waals surface area contributed by atoms with Gasteiger partial charge >= 0.3 is 0 Å². The lowest BCUT2D eigenvalue weighted by molar-refractivity contribution is -0.903. The van der Waals surface area contributed by atoms with E-state index in [1.807, 2.05) is 12.1 Å². The van der Waals surface area contributed by atoms with E-state index in [1.165, 1.54) is 76.3 Å². The maximum atomic E-state index is 9.08. The van der Waals surface area contributed by atoms with Crippen molar-refractivity contribution in [3.05, 3.63) is 23.8 Å². The molecule has 0 amide bonds. The standard InChI is InChI=1S/C23H42NO2.CH4O3S/c1-6-7-8-9-10-11-12-13-14-15-18-24(2,3)20-21-16-17-22(25-4)19-23(21)26-5;1-5(2,3)4/h16-17,19H,6-15,18,20H2,1-5H3;1H3,(H,2,3,4)/q+1;/p-1. The van der Waals surface area contributed by atoms with Crippen molar-refractivity contribution in [2.75, 3.05) is 41.1 Å². The highest BCUT2D eigenvalue weighted by Crippen LogP contribution is 2.27. The zero-order chi connectivity index (χ0) is 23.8. The first-order valence-corrected chi connectivity index (χ1v) is 13.3. The zero-order valence-corrected chi connectivity index (χ0v) is 21.4. The van der Waals surface area contributed by atoms with Crippen molar-refractivity contribution in [2.24, 2.45) is 0 Å². The molecule has 7 heteroatoms. The van der Waals surface area contributed by atoms with E-state index in [9.17, 15) is 0 Å². The lowest BCUT2D eigenvalue weighted by Crippen LogP contribution is -2.39. The van der Waals surface area contributed by atoms with Gasteiger partial charge in [-0.2, -0.15) is 0 Å². The molecule has 0 fully saturated rings. The average Bonchev–Trinajstić information content (AvgIpc) is 2.68. The van der Waals surface area contributed by atoms with Crippen molar-refractivity contribution in [1.29, 1.82) is 0 Å². The van der Waals surface area contributed by atoms with Gasteiger partial charge in [0.1, 0.15) is 18.0 Å². The number of hydrogen-bond acceptors (Lipinski definition) is 5. The first kappa shape index (κ1) is 29.7. The predicted octanol–water partition coefficient (Wildman–Crippen LogP) is 5.36. The van der Waals surface area contributed by atoms with Gasteiger partial charge in [0.15, 0.2) is 0 Å². The molecule has 31 heavy (non-hydrogen) atoms. The Labute approximate surface area is 191 Å². The minimum absolute atomic E-state index is 0.604. The molecule has 0 saturated carbocycles. The number of benzene rings is 1. The van der Waals surface area contributed by atoms with Gasteiger partial charge in [0, 0.05) is 17.9 Å². The molecular weight excluding hydrogens is 414 g/mol. The van der Waals surface area contributed by atoms with E-state index in [1.54, 1.807) is 14.2 Å². The highest BCUT2D eigenvalue weighted by molar-refractivity contribution is 7.84. The third-order valence-corrected chi connectivity index (χ3v) is 5.21. The molecule has 0 aliphatic heterocycles. The van der Waals surface area contributed by atoms with E-state index in [2.05, 4.69) is 27.1 Å². The van der Waals surface area contributed by atoms with Gasteiger partial charge in [-0.05, 0) is 25.0 Å². The normalized spacial score (nSPS) is 11.6. The van der Waals surface area contributed by atoms with Crippen LogP contribution in [0.15, 0.2) is 18.2 Å². The van der Waals surface area contributed by atoms with Crippen LogP contribution >= 0.6 is 0 Å². The third kappa shape index (κ3) is 18.0. The summed E-state index contributed by atoms with van der Waals surface area (Å²) in [6.45, 7) is 4.49. The van der Waals surface area contributed by atoms with E-state index < -0.39 is 10.1 Å². The maximum absolute atomic E-state index is 9.08. The Balaban J connectivity index is 0.00000161. The smallest absolute Gasteiger partial charge is 0.131 e. The van der Waals surface area contributed by atoms with Crippen LogP contribution in [0.4, 0.5) is 0 Å². The Bertz CT molecular complexity index is 681. The van der Waals surface area contributed by atoms with Crippen molar-refractivity contribution < 1.29 is 26.9 Å². The summed E-state index contributed by atoms with van der Waals surface area (Å²) in [7, 11) is 4.15. The summed E-state index contributed by atoms with van der Waals surface area (Å²) in [5.41, 5.74) is 1.25. The van der Waals surface area contributed by atoms with Crippen LogP contribution in [-0.4, -0.2) is 58.6 Å². The van der Waals surface area contributed by atoms with E-state index in [0.717, 1.165) is 22.5 Å². The van der Waals surface area contributed by atoms with Crippen LogP contribution in [0.25, 0.3) is 0 Å². The Morgan fingerprint density at radius 2 is 1.35 bits per heavy atom. The lowest BCUT2D eigenvalue weighted by atomic mass is 10.1. The van der Waals surface area contributed by atoms with Crippen molar-refractivity contribution in [3.63, 3.8) is 0 Å². The molecule has 1 aromatic carbocycles. The lowest BCUT2D eigenvalue weighted by Gasteiger charge is -2.30. The van der Waals surface area contributed by atoms with Crippen molar-refractivity contribution >= 4 is 10.1 Å². The van der Waals surface area contributed by atoms with E-state index >= 15 is 0 Å². The molecule has 0 heterocycles. The molecule has 182 valence electrons. The Hall–Kier alpha value is -1.31. The van der Waals surface area contributed by atoms with Crippen LogP contribution in [0.5, 0.6) is 11.5 Å². The molecule has 1 rings (SSSR count). The molecule has 0 aromatic heterocycles. The summed E-state index contributed by atoms with van der Waals surface area (Å²) in [6.07, 6.45) is 14.5. The van der Waals surface area contributed by atoms with Crippen LogP contribution in [0.1, 0.15) is 76.7 Å². The molecule has 0 aliphatic carbocycles. The number of rotatable bonds is 15. The minimum Gasteiger partial charge on any atom is -0.748 e. The molecule has 0 atom stereocenters. The fourth-order valence-electron chi connectivity index (χ4n) is 3.55. The van der Waals surface area contributed by atoms with Crippen molar-refractivity contribution in [3.8, 4) is 11.5 Å². The molecular formula is C24H45NO5S. The largest absolute Gasteiger partial charge is 0.748 e. The molecule has 0 saturated heterocycles. The second-order valence-electron chi connectivity index (χ2n) is 8.88. The van der Waals surface area contributed by atoms with Gasteiger partial charge in [0.2, 0.25) is 0 Å². The van der Waals surface area contributed by atoms with Crippen LogP contribution in [0.3, 0.4) is 0 Å². The van der Waals surface area contributed by atoms with Crippen molar-refractivity contribution in [1.82, 2.24) is 0 Å². The van der Waals surface area contributed by atoms with Gasteiger partial charge in [0.05, 0.1) is 45.0 Å². The van der Waals surface area contributed by atoms with Gasteiger partial charge in [0.25, 0.3) is 0 Å². The Morgan fingerprint density at radius 3 is 1.81 bits per heavy atom. The summed E-state index contributed by atoms with van der Waals surface area (Å²) < 4.78 is 39.1. The molecule has 0 radical (unpaired) electrons. The summed E-state index contributed by atoms with van der Waals surface area (Å²) >= 11 is 0. The first-order chi connectivity index (χ1) is 14.5. The summed E-state index contributed by atoms with van der Waals surface area (Å²) in [5, 5.41) is 0.